The van der Waals surface area contributed by atoms with Gasteiger partial charge < -0.3 is 10.3 Å². The fourth-order valence-electron chi connectivity index (χ4n) is 2.88. The van der Waals surface area contributed by atoms with Crippen LogP contribution in [0.3, 0.4) is 0 Å². The second-order valence-corrected chi connectivity index (χ2v) is 7.36. The Hall–Kier alpha value is -3.97. The van der Waals surface area contributed by atoms with Gasteiger partial charge in [-0.15, -0.1) is 11.3 Å². The van der Waals surface area contributed by atoms with Crippen LogP contribution in [0.1, 0.15) is 20.8 Å². The number of benzene rings is 2. The van der Waals surface area contributed by atoms with Gasteiger partial charge >= 0.3 is 0 Å². The maximum absolute atomic E-state index is 12.7. The van der Waals surface area contributed by atoms with E-state index in [-0.39, 0.29) is 11.6 Å². The summed E-state index contributed by atoms with van der Waals surface area (Å²) in [7, 11) is 0. The van der Waals surface area contributed by atoms with Crippen molar-refractivity contribution in [2.45, 2.75) is 0 Å². The molecule has 0 unspecified atom stereocenters. The molecule has 3 N–H and O–H groups in total. The van der Waals surface area contributed by atoms with Crippen LogP contribution in [0.15, 0.2) is 89.1 Å². The zero-order valence-corrected chi connectivity index (χ0v) is 16.6. The molecule has 2 aromatic heterocycles. The maximum Gasteiger partial charge on any atom is 0.287 e. The Morgan fingerprint density at radius 3 is 2.57 bits per heavy atom. The van der Waals surface area contributed by atoms with E-state index in [0.29, 0.717) is 5.56 Å². The first-order valence-electron chi connectivity index (χ1n) is 9.22. The molecule has 6 nitrogen and oxygen atoms in total. The summed E-state index contributed by atoms with van der Waals surface area (Å²) < 4.78 is 0. The van der Waals surface area contributed by atoms with Gasteiger partial charge in [-0.25, -0.2) is 5.43 Å². The van der Waals surface area contributed by atoms with Crippen molar-refractivity contribution in [2.24, 2.45) is 5.10 Å². The zero-order valence-electron chi connectivity index (χ0n) is 15.8. The molecule has 4 rings (SSSR count). The summed E-state index contributed by atoms with van der Waals surface area (Å²) in [4.78, 5) is 29.2. The molecule has 2 amide bonds. The Kier molecular flexibility index (Phi) is 5.82. The monoisotopic (exact) mass is 414 g/mol. The van der Waals surface area contributed by atoms with Crippen molar-refractivity contribution in [1.29, 1.82) is 0 Å². The number of aromatic amines is 1. The quantitative estimate of drug-likeness (QED) is 0.251. The Balaban J connectivity index is 1.51. The fourth-order valence-corrected chi connectivity index (χ4v) is 3.54. The predicted molar refractivity (Wildman–Crippen MR) is 120 cm³/mol. The molecule has 148 valence electrons. The van der Waals surface area contributed by atoms with Gasteiger partial charge in [-0.2, -0.15) is 5.10 Å². The summed E-state index contributed by atoms with van der Waals surface area (Å²) in [5.41, 5.74) is 4.90. The number of aromatic nitrogens is 1. The lowest BCUT2D eigenvalue weighted by Crippen LogP contribution is -2.32. The molecule has 0 spiro atoms. The summed E-state index contributed by atoms with van der Waals surface area (Å²) in [5.74, 6) is -0.877. The molecule has 0 fully saturated rings. The molecule has 0 saturated carbocycles. The van der Waals surface area contributed by atoms with Crippen LogP contribution < -0.4 is 10.7 Å². The third-order valence-electron chi connectivity index (χ3n) is 4.35. The summed E-state index contributed by atoms with van der Waals surface area (Å²) >= 11 is 1.46. The van der Waals surface area contributed by atoms with E-state index in [4.69, 9.17) is 0 Å². The largest absolute Gasteiger partial charge is 0.361 e. The first kappa shape index (κ1) is 19.4. The maximum atomic E-state index is 12.7. The molecule has 0 aliphatic heterocycles. The lowest BCUT2D eigenvalue weighted by atomic mass is 10.2. The summed E-state index contributed by atoms with van der Waals surface area (Å²) in [6.07, 6.45) is 5.01. The van der Waals surface area contributed by atoms with Gasteiger partial charge in [-0.3, -0.25) is 9.59 Å². The van der Waals surface area contributed by atoms with Crippen LogP contribution in [0.5, 0.6) is 0 Å². The van der Waals surface area contributed by atoms with Crippen molar-refractivity contribution >= 4 is 46.3 Å². The predicted octanol–water partition coefficient (Wildman–Crippen LogP) is 4.15. The van der Waals surface area contributed by atoms with Crippen molar-refractivity contribution < 1.29 is 9.59 Å². The number of nitrogens with zero attached hydrogens (tertiary/aromatic N) is 1. The minimum atomic E-state index is -0.510. The van der Waals surface area contributed by atoms with E-state index in [9.17, 15) is 9.59 Å². The van der Waals surface area contributed by atoms with Gasteiger partial charge in [0.25, 0.3) is 11.8 Å². The van der Waals surface area contributed by atoms with Crippen molar-refractivity contribution in [2.75, 3.05) is 0 Å². The number of nitrogens with one attached hydrogen (secondary N) is 3. The van der Waals surface area contributed by atoms with Gasteiger partial charge in [-0.1, -0.05) is 42.5 Å². The van der Waals surface area contributed by atoms with Crippen molar-refractivity contribution in [3.8, 4) is 0 Å². The minimum Gasteiger partial charge on any atom is -0.361 e. The zero-order chi connectivity index (χ0) is 20.8. The van der Waals surface area contributed by atoms with Crippen molar-refractivity contribution in [3.63, 3.8) is 0 Å². The van der Waals surface area contributed by atoms with Gasteiger partial charge in [-0.05, 0) is 35.7 Å². The molecule has 0 atom stereocenters. The number of carbonyl (C=O) groups excluding carboxylic acids is 2. The van der Waals surface area contributed by atoms with E-state index in [1.165, 1.54) is 11.3 Å². The lowest BCUT2D eigenvalue weighted by Gasteiger charge is -2.08. The normalized spacial score (nSPS) is 11.7. The fraction of sp³-hybridized carbons (Fsp3) is 0. The number of carbonyl (C=O) groups is 2. The number of hydrazone groups is 1. The van der Waals surface area contributed by atoms with Gasteiger partial charge in [0, 0.05) is 33.1 Å². The smallest absolute Gasteiger partial charge is 0.287 e. The molecule has 2 aromatic carbocycles. The van der Waals surface area contributed by atoms with Gasteiger partial charge in [0.2, 0.25) is 0 Å². The van der Waals surface area contributed by atoms with Crippen LogP contribution >= 0.6 is 11.3 Å². The first-order chi connectivity index (χ1) is 14.7. The van der Waals surface area contributed by atoms with Crippen LogP contribution in [0.25, 0.3) is 17.0 Å². The highest BCUT2D eigenvalue weighted by Crippen LogP contribution is 2.16. The van der Waals surface area contributed by atoms with Crippen LogP contribution in [-0.4, -0.2) is 23.0 Å². The van der Waals surface area contributed by atoms with E-state index >= 15 is 0 Å². The third kappa shape index (κ3) is 4.53. The molecular formula is C23H18N4O2S. The topological polar surface area (TPSA) is 86.3 Å². The highest BCUT2D eigenvalue weighted by Gasteiger charge is 2.14. The van der Waals surface area contributed by atoms with E-state index in [1.54, 1.807) is 36.6 Å². The van der Waals surface area contributed by atoms with Crippen LogP contribution in [0.2, 0.25) is 0 Å². The Labute approximate surface area is 177 Å². The molecule has 7 heteroatoms. The second kappa shape index (κ2) is 9.02. The average Bonchev–Trinajstić information content (AvgIpc) is 3.44. The van der Waals surface area contributed by atoms with Crippen molar-refractivity contribution in [3.05, 3.63) is 100 Å². The Morgan fingerprint density at radius 2 is 1.77 bits per heavy atom. The summed E-state index contributed by atoms with van der Waals surface area (Å²) in [6, 6.07) is 20.3. The number of fused-ring (bicyclic) bond motifs is 1. The SMILES string of the molecule is O=C(N/N=C/c1c[nH]c2ccccc12)C(=Cc1cccs1)NC(=O)c1ccccc1. The van der Waals surface area contributed by atoms with Crippen LogP contribution in [0, 0.1) is 0 Å². The molecule has 0 radical (unpaired) electrons. The van der Waals surface area contributed by atoms with Crippen LogP contribution in [-0.2, 0) is 4.79 Å². The van der Waals surface area contributed by atoms with Crippen LogP contribution in [0.4, 0.5) is 0 Å². The highest BCUT2D eigenvalue weighted by molar-refractivity contribution is 7.10. The van der Waals surface area contributed by atoms with E-state index in [2.05, 4.69) is 20.8 Å². The lowest BCUT2D eigenvalue weighted by molar-refractivity contribution is -0.117. The molecule has 2 heterocycles. The molecule has 0 aliphatic rings. The molecule has 30 heavy (non-hydrogen) atoms. The van der Waals surface area contributed by atoms with E-state index in [0.717, 1.165) is 21.3 Å². The first-order valence-corrected chi connectivity index (χ1v) is 10.1. The molecule has 0 bridgehead atoms. The summed E-state index contributed by atoms with van der Waals surface area (Å²) in [5, 5.41) is 9.64. The molecular weight excluding hydrogens is 396 g/mol. The Bertz CT molecular complexity index is 1220. The number of H-pyrrole nitrogens is 1. The van der Waals surface area contributed by atoms with Gasteiger partial charge in [0.15, 0.2) is 0 Å². The number of amides is 2. The summed E-state index contributed by atoms with van der Waals surface area (Å²) in [6.45, 7) is 0. The number of thiophene rings is 1. The average molecular weight is 414 g/mol. The number of hydrogen-bond acceptors (Lipinski definition) is 4. The standard InChI is InChI=1S/C23H18N4O2S/c28-22(16-7-2-1-3-8-16)26-21(13-18-9-6-12-30-18)23(29)27-25-15-17-14-24-20-11-5-4-10-19(17)20/h1-15,24H,(H,26,28)(H,27,29)/b21-13?,25-15+. The Morgan fingerprint density at radius 1 is 0.967 bits per heavy atom. The molecule has 0 saturated heterocycles. The van der Waals surface area contributed by atoms with Gasteiger partial charge in [0.05, 0.1) is 6.21 Å². The minimum absolute atomic E-state index is 0.113. The third-order valence-corrected chi connectivity index (χ3v) is 5.17. The van der Waals surface area contributed by atoms with E-state index in [1.807, 2.05) is 54.0 Å². The molecule has 0 aliphatic carbocycles. The van der Waals surface area contributed by atoms with Crippen molar-refractivity contribution in [1.82, 2.24) is 15.7 Å². The number of hydrogen-bond donors (Lipinski definition) is 3. The number of para-hydroxylation sites is 1. The second-order valence-electron chi connectivity index (χ2n) is 6.38. The molecule has 4 aromatic rings. The van der Waals surface area contributed by atoms with Gasteiger partial charge in [0.1, 0.15) is 5.70 Å². The highest BCUT2D eigenvalue weighted by atomic mass is 32.1. The number of rotatable bonds is 6. The van der Waals surface area contributed by atoms with E-state index < -0.39 is 5.91 Å².